The first kappa shape index (κ1) is 14.7. The molecule has 0 spiro atoms. The van der Waals surface area contributed by atoms with Gasteiger partial charge in [-0.15, -0.1) is 0 Å². The Labute approximate surface area is 118 Å². The van der Waals surface area contributed by atoms with Crippen LogP contribution in [0.4, 0.5) is 8.78 Å². The summed E-state index contributed by atoms with van der Waals surface area (Å²) in [5.41, 5.74) is 1.31. The fraction of sp³-hybridized carbons (Fsp3) is 0.294. The van der Waals surface area contributed by atoms with Crippen molar-refractivity contribution >= 4 is 0 Å². The first-order valence-electron chi connectivity index (χ1n) is 6.82. The average Bonchev–Trinajstić information content (AvgIpc) is 2.45. The van der Waals surface area contributed by atoms with Crippen molar-refractivity contribution in [2.24, 2.45) is 0 Å². The van der Waals surface area contributed by atoms with Crippen molar-refractivity contribution in [3.63, 3.8) is 0 Å². The second kappa shape index (κ2) is 6.62. The first-order valence-corrected chi connectivity index (χ1v) is 6.82. The van der Waals surface area contributed by atoms with E-state index in [-0.39, 0.29) is 17.5 Å². The van der Waals surface area contributed by atoms with Gasteiger partial charge in [0.25, 0.3) is 0 Å². The van der Waals surface area contributed by atoms with Crippen molar-refractivity contribution in [2.45, 2.75) is 25.8 Å². The van der Waals surface area contributed by atoms with Crippen LogP contribution in [0.2, 0.25) is 0 Å². The predicted octanol–water partition coefficient (Wildman–Crippen LogP) is 4.42. The molecule has 0 aliphatic carbocycles. The van der Waals surface area contributed by atoms with E-state index in [0.29, 0.717) is 6.54 Å². The quantitative estimate of drug-likeness (QED) is 0.851. The van der Waals surface area contributed by atoms with Crippen LogP contribution in [0, 0.1) is 11.6 Å². The van der Waals surface area contributed by atoms with Crippen molar-refractivity contribution in [1.82, 2.24) is 5.32 Å². The molecule has 0 aliphatic heterocycles. The Kier molecular flexibility index (Phi) is 4.85. The minimum atomic E-state index is -0.502. The van der Waals surface area contributed by atoms with Crippen LogP contribution in [-0.2, 0) is 0 Å². The number of nitrogens with one attached hydrogen (secondary N) is 1. The third-order valence-electron chi connectivity index (χ3n) is 3.53. The highest BCUT2D eigenvalue weighted by Crippen LogP contribution is 2.21. The summed E-state index contributed by atoms with van der Waals surface area (Å²) >= 11 is 0. The lowest BCUT2D eigenvalue weighted by molar-refractivity contribution is 0.476. The molecule has 2 rings (SSSR count). The summed E-state index contributed by atoms with van der Waals surface area (Å²) in [6.45, 7) is 4.53. The van der Waals surface area contributed by atoms with Gasteiger partial charge in [0.1, 0.15) is 11.6 Å². The molecule has 0 saturated carbocycles. The van der Waals surface area contributed by atoms with Gasteiger partial charge in [0.05, 0.1) is 0 Å². The van der Waals surface area contributed by atoms with Gasteiger partial charge in [0.15, 0.2) is 0 Å². The maximum atomic E-state index is 13.7. The lowest BCUT2D eigenvalue weighted by Crippen LogP contribution is -2.25. The molecule has 3 heteroatoms. The molecule has 2 unspecified atom stereocenters. The molecule has 2 aromatic carbocycles. The second-order valence-electron chi connectivity index (χ2n) is 5.08. The van der Waals surface area contributed by atoms with Crippen LogP contribution in [0.25, 0.3) is 0 Å². The smallest absolute Gasteiger partial charge is 0.130 e. The third-order valence-corrected chi connectivity index (χ3v) is 3.53. The van der Waals surface area contributed by atoms with Gasteiger partial charge in [-0.25, -0.2) is 8.78 Å². The van der Waals surface area contributed by atoms with Crippen molar-refractivity contribution in [3.8, 4) is 0 Å². The van der Waals surface area contributed by atoms with Crippen LogP contribution in [0.1, 0.15) is 36.9 Å². The lowest BCUT2D eigenvalue weighted by atomic mass is 10.00. The molecule has 0 fully saturated rings. The number of rotatable bonds is 5. The van der Waals surface area contributed by atoms with Gasteiger partial charge in [-0.05, 0) is 30.5 Å². The Morgan fingerprint density at radius 3 is 2.10 bits per heavy atom. The standard InChI is InChI=1S/C17H19F2N/c1-12(14-7-4-3-5-8-14)11-20-13(2)17-15(18)9-6-10-16(17)19/h3-10,12-13,20H,11H2,1-2H3. The van der Waals surface area contributed by atoms with Gasteiger partial charge in [-0.1, -0.05) is 43.3 Å². The zero-order chi connectivity index (χ0) is 14.5. The summed E-state index contributed by atoms with van der Waals surface area (Å²) in [4.78, 5) is 0. The average molecular weight is 275 g/mol. The molecule has 0 radical (unpaired) electrons. The van der Waals surface area contributed by atoms with E-state index in [1.54, 1.807) is 6.92 Å². The topological polar surface area (TPSA) is 12.0 Å². The molecule has 0 amide bonds. The number of halogens is 2. The van der Waals surface area contributed by atoms with Crippen molar-refractivity contribution in [1.29, 1.82) is 0 Å². The molecule has 2 atom stereocenters. The van der Waals surface area contributed by atoms with E-state index in [4.69, 9.17) is 0 Å². The van der Waals surface area contributed by atoms with E-state index in [9.17, 15) is 8.78 Å². The maximum absolute atomic E-state index is 13.7. The maximum Gasteiger partial charge on any atom is 0.130 e. The van der Waals surface area contributed by atoms with Crippen LogP contribution in [-0.4, -0.2) is 6.54 Å². The molecule has 20 heavy (non-hydrogen) atoms. The molecule has 106 valence electrons. The van der Waals surface area contributed by atoms with Crippen molar-refractivity contribution < 1.29 is 8.78 Å². The molecule has 0 heterocycles. The summed E-state index contributed by atoms with van der Waals surface area (Å²) < 4.78 is 27.3. The lowest BCUT2D eigenvalue weighted by Gasteiger charge is -2.19. The van der Waals surface area contributed by atoms with Crippen LogP contribution >= 0.6 is 0 Å². The van der Waals surface area contributed by atoms with E-state index in [1.165, 1.54) is 23.8 Å². The van der Waals surface area contributed by atoms with Gasteiger partial charge < -0.3 is 5.32 Å². The Bertz CT molecular complexity index is 534. The predicted molar refractivity (Wildman–Crippen MR) is 77.6 cm³/mol. The number of hydrogen-bond donors (Lipinski definition) is 1. The Hall–Kier alpha value is -1.74. The van der Waals surface area contributed by atoms with E-state index < -0.39 is 11.6 Å². The monoisotopic (exact) mass is 275 g/mol. The Morgan fingerprint density at radius 1 is 0.900 bits per heavy atom. The van der Waals surface area contributed by atoms with Crippen LogP contribution in [0.15, 0.2) is 48.5 Å². The van der Waals surface area contributed by atoms with Gasteiger partial charge >= 0.3 is 0 Å². The summed E-state index contributed by atoms with van der Waals surface area (Å²) in [5.74, 6) is -0.719. The third kappa shape index (κ3) is 3.42. The minimum absolute atomic E-state index is 0.104. The van der Waals surface area contributed by atoms with Gasteiger partial charge in [0.2, 0.25) is 0 Å². The molecule has 0 saturated heterocycles. The Morgan fingerprint density at radius 2 is 1.50 bits per heavy atom. The van der Waals surface area contributed by atoms with Gasteiger partial charge in [-0.2, -0.15) is 0 Å². The van der Waals surface area contributed by atoms with Crippen molar-refractivity contribution in [3.05, 3.63) is 71.3 Å². The number of hydrogen-bond acceptors (Lipinski definition) is 1. The molecule has 2 aromatic rings. The SMILES string of the molecule is CC(CNC(C)c1c(F)cccc1F)c1ccccc1. The zero-order valence-electron chi connectivity index (χ0n) is 11.7. The van der Waals surface area contributed by atoms with Gasteiger partial charge in [-0.3, -0.25) is 0 Å². The molecule has 1 nitrogen and oxygen atoms in total. The highest BCUT2D eigenvalue weighted by molar-refractivity contribution is 5.23. The summed E-state index contributed by atoms with van der Waals surface area (Å²) in [5, 5.41) is 3.20. The fourth-order valence-corrected chi connectivity index (χ4v) is 2.28. The molecular weight excluding hydrogens is 256 g/mol. The summed E-state index contributed by atoms with van der Waals surface area (Å²) in [6.07, 6.45) is 0. The Balaban J connectivity index is 2.00. The molecular formula is C17H19F2N. The van der Waals surface area contributed by atoms with E-state index >= 15 is 0 Å². The molecule has 0 bridgehead atoms. The van der Waals surface area contributed by atoms with Crippen LogP contribution in [0.3, 0.4) is 0 Å². The van der Waals surface area contributed by atoms with E-state index in [2.05, 4.69) is 24.4 Å². The molecule has 1 N–H and O–H groups in total. The van der Waals surface area contributed by atoms with E-state index in [0.717, 1.165) is 0 Å². The highest BCUT2D eigenvalue weighted by Gasteiger charge is 2.16. The largest absolute Gasteiger partial charge is 0.309 e. The van der Waals surface area contributed by atoms with E-state index in [1.807, 2.05) is 18.2 Å². The second-order valence-corrected chi connectivity index (χ2v) is 5.08. The van der Waals surface area contributed by atoms with Gasteiger partial charge in [0, 0.05) is 18.2 Å². The highest BCUT2D eigenvalue weighted by atomic mass is 19.1. The molecule has 0 aliphatic rings. The fourth-order valence-electron chi connectivity index (χ4n) is 2.28. The molecule has 0 aromatic heterocycles. The normalized spacial score (nSPS) is 14.0. The van der Waals surface area contributed by atoms with Crippen molar-refractivity contribution in [2.75, 3.05) is 6.54 Å². The first-order chi connectivity index (χ1) is 9.59. The summed E-state index contributed by atoms with van der Waals surface area (Å²) in [7, 11) is 0. The number of benzene rings is 2. The van der Waals surface area contributed by atoms with Crippen LogP contribution < -0.4 is 5.32 Å². The van der Waals surface area contributed by atoms with Crippen LogP contribution in [0.5, 0.6) is 0 Å². The zero-order valence-corrected chi connectivity index (χ0v) is 11.7. The minimum Gasteiger partial charge on any atom is -0.309 e. The summed E-state index contributed by atoms with van der Waals surface area (Å²) in [6, 6.07) is 13.7.